The van der Waals surface area contributed by atoms with Crippen LogP contribution in [0.15, 0.2) is 48.7 Å². The number of ketones is 1. The van der Waals surface area contributed by atoms with Crippen LogP contribution in [0.5, 0.6) is 23.0 Å². The van der Waals surface area contributed by atoms with E-state index in [2.05, 4.69) is 5.10 Å². The van der Waals surface area contributed by atoms with Crippen LogP contribution in [0.3, 0.4) is 0 Å². The van der Waals surface area contributed by atoms with Gasteiger partial charge in [0.15, 0.2) is 28.8 Å². The summed E-state index contributed by atoms with van der Waals surface area (Å²) in [5.41, 5.74) is 0.817. The van der Waals surface area contributed by atoms with Crippen LogP contribution in [0.25, 0.3) is 20.2 Å². The molecule has 3 heterocycles. The molecular weight excluding hydrogens is 618 g/mol. The van der Waals surface area contributed by atoms with Crippen LogP contribution in [-0.4, -0.2) is 71.9 Å². The maximum Gasteiger partial charge on any atom is 0.303 e. The fourth-order valence-electron chi connectivity index (χ4n) is 4.70. The Morgan fingerprint density at radius 1 is 0.844 bits per heavy atom. The molecular formula is C32H33N3O8S2. The normalized spacial score (nSPS) is 11.1. The molecule has 0 atom stereocenters. The van der Waals surface area contributed by atoms with Crippen molar-refractivity contribution in [2.75, 3.05) is 34.5 Å². The first kappa shape index (κ1) is 31.8. The SMILES string of the molecule is COc1cc2sc(C(=O)N(C)Cc3ccn(C)n3)cc2cc1OCCCOc1cc2sc(C(=O)CCC(=O)O)cc2cc1OC. The van der Waals surface area contributed by atoms with E-state index in [9.17, 15) is 14.4 Å². The summed E-state index contributed by atoms with van der Waals surface area (Å²) in [4.78, 5) is 39.1. The molecule has 1 N–H and O–H groups in total. The Kier molecular flexibility index (Phi) is 9.89. The van der Waals surface area contributed by atoms with Crippen LogP contribution in [0.2, 0.25) is 0 Å². The van der Waals surface area contributed by atoms with Crippen molar-refractivity contribution in [3.63, 3.8) is 0 Å². The van der Waals surface area contributed by atoms with E-state index in [0.717, 1.165) is 25.9 Å². The highest BCUT2D eigenvalue weighted by Gasteiger charge is 2.19. The zero-order valence-corrected chi connectivity index (χ0v) is 27.0. The van der Waals surface area contributed by atoms with Gasteiger partial charge < -0.3 is 29.0 Å². The molecule has 0 unspecified atom stereocenters. The number of thiophene rings is 2. The average Bonchev–Trinajstić information content (AvgIpc) is 3.75. The number of hydrogen-bond donors (Lipinski definition) is 1. The minimum Gasteiger partial charge on any atom is -0.493 e. The summed E-state index contributed by atoms with van der Waals surface area (Å²) in [6.07, 6.45) is 2.17. The second-order valence-electron chi connectivity index (χ2n) is 10.3. The summed E-state index contributed by atoms with van der Waals surface area (Å²) >= 11 is 2.70. The first-order valence-corrected chi connectivity index (χ1v) is 15.8. The van der Waals surface area contributed by atoms with Crippen molar-refractivity contribution in [1.82, 2.24) is 14.7 Å². The van der Waals surface area contributed by atoms with Gasteiger partial charge in [0.2, 0.25) is 0 Å². The van der Waals surface area contributed by atoms with Gasteiger partial charge in [0.1, 0.15) is 0 Å². The van der Waals surface area contributed by atoms with E-state index in [1.165, 1.54) is 22.7 Å². The Morgan fingerprint density at radius 3 is 2.04 bits per heavy atom. The molecule has 45 heavy (non-hydrogen) atoms. The number of rotatable bonds is 15. The lowest BCUT2D eigenvalue weighted by atomic mass is 10.1. The lowest BCUT2D eigenvalue weighted by Crippen LogP contribution is -2.25. The Balaban J connectivity index is 1.19. The van der Waals surface area contributed by atoms with Gasteiger partial charge in [-0.1, -0.05) is 0 Å². The number of Topliss-reactive ketones (excluding diaryl/α,β-unsaturated/α-hetero) is 1. The molecule has 0 aliphatic rings. The number of carboxylic acids is 1. The predicted molar refractivity (Wildman–Crippen MR) is 173 cm³/mol. The first-order valence-electron chi connectivity index (χ1n) is 14.1. The molecule has 0 fully saturated rings. The van der Waals surface area contributed by atoms with Crippen LogP contribution in [0.4, 0.5) is 0 Å². The van der Waals surface area contributed by atoms with Crippen molar-refractivity contribution >= 4 is 60.5 Å². The number of fused-ring (bicyclic) bond motifs is 2. The molecule has 5 rings (SSSR count). The number of carboxylic acid groups (broad SMARTS) is 1. The molecule has 11 nitrogen and oxygen atoms in total. The fraction of sp³-hybridized carbons (Fsp3) is 0.312. The highest BCUT2D eigenvalue weighted by atomic mass is 32.1. The summed E-state index contributed by atoms with van der Waals surface area (Å²) < 4.78 is 26.6. The second kappa shape index (κ2) is 14.0. The minimum atomic E-state index is -1.00. The predicted octanol–water partition coefficient (Wildman–Crippen LogP) is 6.03. The topological polar surface area (TPSA) is 129 Å². The molecule has 13 heteroatoms. The molecule has 236 valence electrons. The highest BCUT2D eigenvalue weighted by Crippen LogP contribution is 2.38. The summed E-state index contributed by atoms with van der Waals surface area (Å²) in [5.74, 6) is 0.927. The molecule has 1 amide bonds. The van der Waals surface area contributed by atoms with E-state index in [0.29, 0.717) is 58.9 Å². The summed E-state index contributed by atoms with van der Waals surface area (Å²) in [6.45, 7) is 1.12. The Morgan fingerprint density at radius 2 is 1.42 bits per heavy atom. The third-order valence-corrected chi connectivity index (χ3v) is 9.20. The van der Waals surface area contributed by atoms with E-state index in [-0.39, 0.29) is 24.5 Å². The summed E-state index contributed by atoms with van der Waals surface area (Å²) in [5, 5.41) is 14.9. The molecule has 0 aliphatic heterocycles. The lowest BCUT2D eigenvalue weighted by molar-refractivity contribution is -0.136. The maximum absolute atomic E-state index is 13.1. The van der Waals surface area contributed by atoms with Gasteiger partial charge in [-0.25, -0.2) is 0 Å². The Bertz CT molecular complexity index is 1860. The minimum absolute atomic E-state index is 0.0456. The molecule has 5 aromatic rings. The Labute approximate surface area is 267 Å². The van der Waals surface area contributed by atoms with Crippen molar-refractivity contribution in [2.24, 2.45) is 7.05 Å². The number of carbonyl (C=O) groups excluding carboxylic acids is 2. The van der Waals surface area contributed by atoms with E-state index in [1.54, 1.807) is 36.9 Å². The number of aromatic nitrogens is 2. The summed E-state index contributed by atoms with van der Waals surface area (Å²) in [7, 11) is 6.73. The fourth-order valence-corrected chi connectivity index (χ4v) is 6.81. The maximum atomic E-state index is 13.1. The number of aryl methyl sites for hydroxylation is 1. The summed E-state index contributed by atoms with van der Waals surface area (Å²) in [6, 6.07) is 12.9. The van der Waals surface area contributed by atoms with Crippen LogP contribution in [0.1, 0.15) is 44.3 Å². The third-order valence-electron chi connectivity index (χ3n) is 6.98. The molecule has 0 saturated heterocycles. The number of benzene rings is 2. The van der Waals surface area contributed by atoms with E-state index >= 15 is 0 Å². The van der Waals surface area contributed by atoms with Crippen LogP contribution >= 0.6 is 22.7 Å². The number of amides is 1. The van der Waals surface area contributed by atoms with Crippen molar-refractivity contribution in [1.29, 1.82) is 0 Å². The number of aliphatic carboxylic acids is 1. The molecule has 3 aromatic heterocycles. The van der Waals surface area contributed by atoms with E-state index in [1.807, 2.05) is 49.6 Å². The third kappa shape index (κ3) is 7.55. The first-order chi connectivity index (χ1) is 21.6. The number of hydrogen-bond acceptors (Lipinski definition) is 10. The number of carbonyl (C=O) groups is 3. The van der Waals surface area contributed by atoms with Gasteiger partial charge in [0.05, 0.1) is 55.8 Å². The smallest absolute Gasteiger partial charge is 0.303 e. The van der Waals surface area contributed by atoms with E-state index in [4.69, 9.17) is 24.1 Å². The molecule has 2 aromatic carbocycles. The average molecular weight is 652 g/mol. The van der Waals surface area contributed by atoms with Crippen LogP contribution in [0, 0.1) is 0 Å². The standard InChI is InChI=1S/C32H33N3O8S2/c1-34(18-21-8-9-35(2)33-21)32(39)30-15-20-13-25(24(41-4)16-27(20)45-30)42-10-5-11-43-26-17-28-19(12-23(26)40-3)14-29(44-28)22(36)6-7-31(37)38/h8-9,12-17H,5-7,10-11,18H2,1-4H3,(H,37,38). The monoisotopic (exact) mass is 651 g/mol. The van der Waals surface area contributed by atoms with Gasteiger partial charge in [0.25, 0.3) is 5.91 Å². The van der Waals surface area contributed by atoms with Crippen molar-refractivity contribution < 1.29 is 38.4 Å². The quantitative estimate of drug-likeness (QED) is 0.106. The largest absolute Gasteiger partial charge is 0.493 e. The molecule has 0 bridgehead atoms. The van der Waals surface area contributed by atoms with Crippen molar-refractivity contribution in [3.05, 3.63) is 64.1 Å². The zero-order valence-electron chi connectivity index (χ0n) is 25.3. The molecule has 0 radical (unpaired) electrons. The van der Waals surface area contributed by atoms with Crippen molar-refractivity contribution in [2.45, 2.75) is 25.8 Å². The molecule has 0 saturated carbocycles. The van der Waals surface area contributed by atoms with Gasteiger partial charge in [-0.3, -0.25) is 19.1 Å². The van der Waals surface area contributed by atoms with Gasteiger partial charge in [-0.2, -0.15) is 5.10 Å². The van der Waals surface area contributed by atoms with Crippen LogP contribution < -0.4 is 18.9 Å². The number of nitrogens with zero attached hydrogens (tertiary/aromatic N) is 3. The van der Waals surface area contributed by atoms with Gasteiger partial charge in [-0.05, 0) is 41.1 Å². The number of ether oxygens (including phenoxy) is 4. The Hall–Kier alpha value is -4.62. The van der Waals surface area contributed by atoms with Gasteiger partial charge >= 0.3 is 5.97 Å². The van der Waals surface area contributed by atoms with Crippen molar-refractivity contribution in [3.8, 4) is 23.0 Å². The van der Waals surface area contributed by atoms with E-state index < -0.39 is 5.97 Å². The molecule has 0 aliphatic carbocycles. The zero-order chi connectivity index (χ0) is 32.1. The van der Waals surface area contributed by atoms with Crippen LogP contribution in [-0.2, 0) is 18.4 Å². The lowest BCUT2D eigenvalue weighted by Gasteiger charge is -2.14. The highest BCUT2D eigenvalue weighted by molar-refractivity contribution is 7.21. The van der Waals surface area contributed by atoms with Gasteiger partial charge in [-0.15, -0.1) is 22.7 Å². The second-order valence-corrected chi connectivity index (χ2v) is 12.5. The molecule has 0 spiro atoms. The van der Waals surface area contributed by atoms with Gasteiger partial charge in [0, 0.05) is 54.7 Å². The number of methoxy groups -OCH3 is 2.